The van der Waals surface area contributed by atoms with E-state index in [-0.39, 0.29) is 41.7 Å². The average Bonchev–Trinajstić information content (AvgIpc) is 3.19. The van der Waals surface area contributed by atoms with Crippen molar-refractivity contribution in [1.29, 1.82) is 0 Å². The molecule has 1 aliphatic rings. The van der Waals surface area contributed by atoms with E-state index >= 15 is 0 Å². The molecule has 146 valence electrons. The predicted molar refractivity (Wildman–Crippen MR) is 101 cm³/mol. The molecule has 1 atom stereocenters. The van der Waals surface area contributed by atoms with Crippen molar-refractivity contribution in [3.63, 3.8) is 0 Å². The summed E-state index contributed by atoms with van der Waals surface area (Å²) >= 11 is 0. The van der Waals surface area contributed by atoms with Gasteiger partial charge < -0.3 is 9.32 Å². The summed E-state index contributed by atoms with van der Waals surface area (Å²) < 4.78 is 42.7. The van der Waals surface area contributed by atoms with Crippen LogP contribution in [-0.2, 0) is 21.2 Å². The summed E-state index contributed by atoms with van der Waals surface area (Å²) in [5.41, 5.74) is 0.742. The van der Waals surface area contributed by atoms with Crippen LogP contribution in [0.3, 0.4) is 0 Å². The smallest absolute Gasteiger partial charge is 0.223 e. The Morgan fingerprint density at radius 1 is 1.22 bits per heavy atom. The first-order valence-electron chi connectivity index (χ1n) is 9.08. The zero-order valence-electron chi connectivity index (χ0n) is 15.5. The fourth-order valence-corrected chi connectivity index (χ4v) is 5.04. The van der Waals surface area contributed by atoms with Gasteiger partial charge in [-0.05, 0) is 48.7 Å². The summed E-state index contributed by atoms with van der Waals surface area (Å²) in [6.07, 6.45) is 0.819. The lowest BCUT2D eigenvalue weighted by Gasteiger charge is -2.28. The number of halogens is 1. The largest absolute Gasteiger partial charge is 0.459 e. The van der Waals surface area contributed by atoms with Gasteiger partial charge in [-0.1, -0.05) is 13.8 Å². The maximum absolute atomic E-state index is 13.1. The van der Waals surface area contributed by atoms with Crippen LogP contribution in [0.1, 0.15) is 32.4 Å². The van der Waals surface area contributed by atoms with E-state index in [0.29, 0.717) is 24.4 Å². The zero-order valence-corrected chi connectivity index (χ0v) is 16.3. The lowest BCUT2D eigenvalue weighted by molar-refractivity contribution is -0.134. The summed E-state index contributed by atoms with van der Waals surface area (Å²) in [6, 6.07) is 9.21. The van der Waals surface area contributed by atoms with Crippen molar-refractivity contribution >= 4 is 15.7 Å². The number of nitrogens with zero attached hydrogens (tertiary/aromatic N) is 1. The highest BCUT2D eigenvalue weighted by Crippen LogP contribution is 2.26. The number of benzene rings is 1. The van der Waals surface area contributed by atoms with Crippen molar-refractivity contribution in [3.8, 4) is 11.3 Å². The molecule has 0 bridgehead atoms. The van der Waals surface area contributed by atoms with E-state index in [4.69, 9.17) is 4.42 Å². The number of furan rings is 1. The van der Waals surface area contributed by atoms with Gasteiger partial charge in [0.15, 0.2) is 9.84 Å². The third kappa shape index (κ3) is 4.97. The van der Waals surface area contributed by atoms with E-state index in [9.17, 15) is 17.6 Å². The van der Waals surface area contributed by atoms with Crippen molar-refractivity contribution in [2.24, 2.45) is 5.92 Å². The molecule has 27 heavy (non-hydrogen) atoms. The number of hydrogen-bond acceptors (Lipinski definition) is 4. The van der Waals surface area contributed by atoms with Crippen LogP contribution in [0.25, 0.3) is 11.3 Å². The second kappa shape index (κ2) is 7.84. The number of amides is 1. The second-order valence-corrected chi connectivity index (χ2v) is 9.68. The minimum absolute atomic E-state index is 0.00234. The molecule has 3 rings (SSSR count). The van der Waals surface area contributed by atoms with Crippen molar-refractivity contribution in [2.45, 2.75) is 39.3 Å². The van der Waals surface area contributed by atoms with Crippen molar-refractivity contribution in [1.82, 2.24) is 4.90 Å². The maximum Gasteiger partial charge on any atom is 0.223 e. The summed E-state index contributed by atoms with van der Waals surface area (Å²) in [7, 11) is -3.10. The Morgan fingerprint density at radius 3 is 2.52 bits per heavy atom. The van der Waals surface area contributed by atoms with Gasteiger partial charge in [-0.2, -0.15) is 0 Å². The number of carbonyl (C=O) groups excluding carboxylic acids is 1. The van der Waals surface area contributed by atoms with E-state index < -0.39 is 9.84 Å². The van der Waals surface area contributed by atoms with Gasteiger partial charge in [0.2, 0.25) is 5.91 Å². The van der Waals surface area contributed by atoms with Gasteiger partial charge >= 0.3 is 0 Å². The van der Waals surface area contributed by atoms with Gasteiger partial charge in [0.25, 0.3) is 0 Å². The fraction of sp³-hybridized carbons (Fsp3) is 0.450. The van der Waals surface area contributed by atoms with Crippen molar-refractivity contribution in [3.05, 3.63) is 48.0 Å². The molecule has 0 N–H and O–H groups in total. The molecule has 1 aliphatic heterocycles. The molecule has 0 radical (unpaired) electrons. The third-order valence-corrected chi connectivity index (χ3v) is 6.42. The van der Waals surface area contributed by atoms with Crippen LogP contribution in [0, 0.1) is 11.7 Å². The number of carbonyl (C=O) groups is 1. The zero-order chi connectivity index (χ0) is 19.6. The Kier molecular flexibility index (Phi) is 5.69. The number of rotatable bonds is 6. The molecular formula is C20H24FNO4S. The van der Waals surface area contributed by atoms with Gasteiger partial charge in [0.05, 0.1) is 18.1 Å². The highest BCUT2D eigenvalue weighted by molar-refractivity contribution is 7.91. The first kappa shape index (κ1) is 19.6. The Labute approximate surface area is 159 Å². The van der Waals surface area contributed by atoms with E-state index in [0.717, 1.165) is 5.56 Å². The first-order valence-corrected chi connectivity index (χ1v) is 10.9. The monoisotopic (exact) mass is 393 g/mol. The van der Waals surface area contributed by atoms with Crippen LogP contribution in [-0.4, -0.2) is 36.8 Å². The van der Waals surface area contributed by atoms with Crippen LogP contribution >= 0.6 is 0 Å². The molecule has 0 saturated carbocycles. The van der Waals surface area contributed by atoms with Crippen LogP contribution in [0.5, 0.6) is 0 Å². The molecule has 7 heteroatoms. The van der Waals surface area contributed by atoms with E-state index in [1.807, 2.05) is 13.8 Å². The van der Waals surface area contributed by atoms with Crippen LogP contribution in [0.4, 0.5) is 4.39 Å². The third-order valence-electron chi connectivity index (χ3n) is 4.67. The fourth-order valence-electron chi connectivity index (χ4n) is 3.31. The molecule has 2 heterocycles. The maximum atomic E-state index is 13.1. The topological polar surface area (TPSA) is 67.6 Å². The van der Waals surface area contributed by atoms with Gasteiger partial charge in [0, 0.05) is 18.0 Å². The first-order chi connectivity index (χ1) is 12.7. The summed E-state index contributed by atoms with van der Waals surface area (Å²) in [5, 5.41) is 0. The lowest BCUT2D eigenvalue weighted by Crippen LogP contribution is -2.41. The average molecular weight is 393 g/mol. The normalized spacial score (nSPS) is 18.7. The highest BCUT2D eigenvalue weighted by Gasteiger charge is 2.35. The Balaban J connectivity index is 1.79. The molecule has 5 nitrogen and oxygen atoms in total. The molecule has 2 aromatic rings. The van der Waals surface area contributed by atoms with E-state index in [1.54, 1.807) is 29.2 Å². The summed E-state index contributed by atoms with van der Waals surface area (Å²) in [4.78, 5) is 14.4. The number of sulfone groups is 1. The molecule has 0 spiro atoms. The summed E-state index contributed by atoms with van der Waals surface area (Å²) in [6.45, 7) is 4.15. The van der Waals surface area contributed by atoms with Crippen LogP contribution in [0.2, 0.25) is 0 Å². The molecule has 1 aromatic heterocycles. The minimum atomic E-state index is -3.10. The molecule has 0 aliphatic carbocycles. The SMILES string of the molecule is CC(C)CC(=O)N(Cc1ccc(-c2ccc(F)cc2)o1)[C@H]1CCS(=O)(=O)C1. The molecule has 1 amide bonds. The van der Waals surface area contributed by atoms with Crippen LogP contribution < -0.4 is 0 Å². The quantitative estimate of drug-likeness (QED) is 0.751. The Bertz CT molecular complexity index is 902. The molecule has 1 fully saturated rings. The van der Waals surface area contributed by atoms with Gasteiger partial charge in [-0.15, -0.1) is 0 Å². The van der Waals surface area contributed by atoms with Crippen LogP contribution in [0.15, 0.2) is 40.8 Å². The van der Waals surface area contributed by atoms with Gasteiger partial charge in [-0.3, -0.25) is 4.79 Å². The van der Waals surface area contributed by atoms with E-state index in [2.05, 4.69) is 0 Å². The molecule has 1 saturated heterocycles. The molecule has 1 aromatic carbocycles. The summed E-state index contributed by atoms with van der Waals surface area (Å²) in [5.74, 6) is 1.08. The highest BCUT2D eigenvalue weighted by atomic mass is 32.2. The second-order valence-electron chi connectivity index (χ2n) is 7.45. The van der Waals surface area contributed by atoms with Crippen molar-refractivity contribution in [2.75, 3.05) is 11.5 Å². The lowest BCUT2D eigenvalue weighted by atomic mass is 10.1. The van der Waals surface area contributed by atoms with Gasteiger partial charge in [0.1, 0.15) is 17.3 Å². The van der Waals surface area contributed by atoms with Gasteiger partial charge in [-0.25, -0.2) is 12.8 Å². The predicted octanol–water partition coefficient (Wildman–Crippen LogP) is 3.65. The Hall–Kier alpha value is -2.15. The Morgan fingerprint density at radius 2 is 1.93 bits per heavy atom. The van der Waals surface area contributed by atoms with E-state index in [1.165, 1.54) is 12.1 Å². The van der Waals surface area contributed by atoms with Crippen molar-refractivity contribution < 1.29 is 22.0 Å². The number of hydrogen-bond donors (Lipinski definition) is 0. The standard InChI is InChI=1S/C20H24FNO4S/c1-14(2)11-20(23)22(17-9-10-27(24,25)13-17)12-18-7-8-19(26-18)15-3-5-16(21)6-4-15/h3-8,14,17H,9-13H2,1-2H3/t17-/m0/s1. The minimum Gasteiger partial charge on any atom is -0.459 e. The molecule has 0 unspecified atom stereocenters. The molecular weight excluding hydrogens is 369 g/mol.